The van der Waals surface area contributed by atoms with Gasteiger partial charge in [0.15, 0.2) is 5.82 Å². The van der Waals surface area contributed by atoms with Crippen LogP contribution in [0.2, 0.25) is 0 Å². The van der Waals surface area contributed by atoms with Gasteiger partial charge in [-0.3, -0.25) is 10.1 Å². The van der Waals surface area contributed by atoms with Crippen molar-refractivity contribution in [3.05, 3.63) is 42.9 Å². The Labute approximate surface area is 158 Å². The summed E-state index contributed by atoms with van der Waals surface area (Å²) in [4.78, 5) is 13.0. The molecule has 0 bridgehead atoms. The van der Waals surface area contributed by atoms with Crippen LogP contribution in [0.15, 0.2) is 42.9 Å². The zero-order valence-corrected chi connectivity index (χ0v) is 15.5. The molecule has 0 spiro atoms. The van der Waals surface area contributed by atoms with Gasteiger partial charge in [-0.25, -0.2) is 4.98 Å². The highest BCUT2D eigenvalue weighted by molar-refractivity contribution is 5.73. The molecular formula is C19H23N7O. The van der Waals surface area contributed by atoms with Crippen LogP contribution >= 0.6 is 0 Å². The molecule has 8 heteroatoms. The summed E-state index contributed by atoms with van der Waals surface area (Å²) in [5.74, 6) is 2.14. The molecule has 1 saturated heterocycles. The Kier molecular flexibility index (Phi) is 4.88. The molecule has 3 heterocycles. The van der Waals surface area contributed by atoms with E-state index < -0.39 is 0 Å². The highest BCUT2D eigenvalue weighted by Gasteiger charge is 2.17. The highest BCUT2D eigenvalue weighted by Crippen LogP contribution is 2.34. The number of likely N-dealkylation sites (N-methyl/N-ethyl adjacent to an activating group) is 1. The summed E-state index contributed by atoms with van der Waals surface area (Å²) in [5.41, 5.74) is 3.03. The number of aromatic amines is 1. The summed E-state index contributed by atoms with van der Waals surface area (Å²) >= 11 is 0. The number of nitrogens with zero attached hydrogens (tertiary/aromatic N) is 5. The number of nitrogens with one attached hydrogen (secondary N) is 2. The fourth-order valence-electron chi connectivity index (χ4n) is 3.18. The molecule has 140 valence electrons. The molecule has 8 nitrogen and oxygen atoms in total. The molecule has 0 radical (unpaired) electrons. The van der Waals surface area contributed by atoms with E-state index in [1.807, 2.05) is 6.07 Å². The van der Waals surface area contributed by atoms with Crippen molar-refractivity contribution in [2.45, 2.75) is 0 Å². The minimum absolute atomic E-state index is 0.646. The molecule has 0 aliphatic carbocycles. The van der Waals surface area contributed by atoms with Crippen LogP contribution in [0.3, 0.4) is 0 Å². The molecular weight excluding hydrogens is 342 g/mol. The molecule has 0 amide bonds. The van der Waals surface area contributed by atoms with E-state index in [0.29, 0.717) is 11.6 Å². The third-order valence-corrected chi connectivity index (χ3v) is 4.74. The molecule has 0 unspecified atom stereocenters. The average Bonchev–Trinajstić information content (AvgIpc) is 3.17. The van der Waals surface area contributed by atoms with Crippen molar-refractivity contribution in [1.82, 2.24) is 25.1 Å². The number of ether oxygens (including phenoxy) is 1. The lowest BCUT2D eigenvalue weighted by Gasteiger charge is -2.34. The molecule has 1 aliphatic heterocycles. The standard InChI is InChI=1S/C19H23N7O/c1-25-7-9-26(10-8-25)14-3-4-15(17(11-14)27-2)16-12-18(24-23-16)22-19-13-20-5-6-21-19/h3-6,11-13H,7-10H2,1-2H3,(H2,21,22,23,24). The lowest BCUT2D eigenvalue weighted by Crippen LogP contribution is -2.44. The lowest BCUT2D eigenvalue weighted by molar-refractivity contribution is 0.312. The van der Waals surface area contributed by atoms with Crippen molar-refractivity contribution >= 4 is 17.3 Å². The summed E-state index contributed by atoms with van der Waals surface area (Å²) in [6.45, 7) is 4.19. The van der Waals surface area contributed by atoms with Crippen molar-refractivity contribution in [1.29, 1.82) is 0 Å². The van der Waals surface area contributed by atoms with Crippen molar-refractivity contribution in [3.8, 4) is 17.0 Å². The van der Waals surface area contributed by atoms with Crippen LogP contribution in [0.4, 0.5) is 17.3 Å². The zero-order chi connectivity index (χ0) is 18.6. The maximum atomic E-state index is 5.65. The number of benzene rings is 1. The summed E-state index contributed by atoms with van der Waals surface area (Å²) in [7, 11) is 3.85. The molecule has 4 rings (SSSR count). The quantitative estimate of drug-likeness (QED) is 0.718. The third kappa shape index (κ3) is 3.85. The van der Waals surface area contributed by atoms with E-state index in [-0.39, 0.29) is 0 Å². The van der Waals surface area contributed by atoms with E-state index in [2.05, 4.69) is 60.5 Å². The van der Waals surface area contributed by atoms with Gasteiger partial charge in [-0.2, -0.15) is 5.10 Å². The average molecular weight is 365 g/mol. The van der Waals surface area contributed by atoms with Gasteiger partial charge in [-0.05, 0) is 19.2 Å². The Hall–Kier alpha value is -3.13. The van der Waals surface area contributed by atoms with E-state index >= 15 is 0 Å². The number of aromatic nitrogens is 4. The number of hydrogen-bond donors (Lipinski definition) is 2. The largest absolute Gasteiger partial charge is 0.496 e. The topological polar surface area (TPSA) is 82.2 Å². The smallest absolute Gasteiger partial charge is 0.153 e. The van der Waals surface area contributed by atoms with Crippen molar-refractivity contribution in [2.75, 3.05) is 50.6 Å². The van der Waals surface area contributed by atoms with Crippen LogP contribution in [0.5, 0.6) is 5.75 Å². The van der Waals surface area contributed by atoms with Gasteiger partial charge < -0.3 is 19.9 Å². The lowest BCUT2D eigenvalue weighted by atomic mass is 10.1. The molecule has 27 heavy (non-hydrogen) atoms. The van der Waals surface area contributed by atoms with Gasteiger partial charge in [0.25, 0.3) is 0 Å². The predicted molar refractivity (Wildman–Crippen MR) is 106 cm³/mol. The fourth-order valence-corrected chi connectivity index (χ4v) is 3.18. The molecule has 3 aromatic rings. The van der Waals surface area contributed by atoms with Gasteiger partial charge in [0.05, 0.1) is 19.0 Å². The zero-order valence-electron chi connectivity index (χ0n) is 15.5. The van der Waals surface area contributed by atoms with Crippen LogP contribution in [-0.2, 0) is 0 Å². The molecule has 2 N–H and O–H groups in total. The molecule has 1 fully saturated rings. The minimum Gasteiger partial charge on any atom is -0.496 e. The van der Waals surface area contributed by atoms with Gasteiger partial charge >= 0.3 is 0 Å². The van der Waals surface area contributed by atoms with Gasteiger partial charge in [0, 0.05) is 62.0 Å². The first-order valence-electron chi connectivity index (χ1n) is 8.93. The maximum absolute atomic E-state index is 5.65. The van der Waals surface area contributed by atoms with Crippen LogP contribution in [0, 0.1) is 0 Å². The second-order valence-corrected chi connectivity index (χ2v) is 6.56. The van der Waals surface area contributed by atoms with E-state index in [9.17, 15) is 0 Å². The summed E-state index contributed by atoms with van der Waals surface area (Å²) in [6.07, 6.45) is 4.92. The van der Waals surface area contributed by atoms with Crippen molar-refractivity contribution in [2.24, 2.45) is 0 Å². The van der Waals surface area contributed by atoms with Crippen LogP contribution in [0.25, 0.3) is 11.3 Å². The third-order valence-electron chi connectivity index (χ3n) is 4.74. The summed E-state index contributed by atoms with van der Waals surface area (Å²) < 4.78 is 5.65. The van der Waals surface area contributed by atoms with Crippen LogP contribution in [-0.4, -0.2) is 65.4 Å². The Morgan fingerprint density at radius 2 is 1.93 bits per heavy atom. The van der Waals surface area contributed by atoms with Crippen molar-refractivity contribution < 1.29 is 4.74 Å². The minimum atomic E-state index is 0.646. The van der Waals surface area contributed by atoms with E-state index in [1.165, 1.54) is 5.69 Å². The Morgan fingerprint density at radius 3 is 2.67 bits per heavy atom. The first-order valence-corrected chi connectivity index (χ1v) is 8.93. The number of piperazine rings is 1. The van der Waals surface area contributed by atoms with Crippen LogP contribution in [0.1, 0.15) is 0 Å². The van der Waals surface area contributed by atoms with E-state index in [0.717, 1.165) is 43.2 Å². The Morgan fingerprint density at radius 1 is 1.07 bits per heavy atom. The molecule has 2 aromatic heterocycles. The van der Waals surface area contributed by atoms with Gasteiger partial charge in [-0.15, -0.1) is 0 Å². The first kappa shape index (κ1) is 17.3. The molecule has 1 aromatic carbocycles. The maximum Gasteiger partial charge on any atom is 0.153 e. The normalized spacial score (nSPS) is 15.0. The molecule has 0 saturated carbocycles. The number of rotatable bonds is 5. The number of hydrogen-bond acceptors (Lipinski definition) is 7. The second-order valence-electron chi connectivity index (χ2n) is 6.56. The molecule has 1 aliphatic rings. The van der Waals surface area contributed by atoms with Gasteiger partial charge in [0.2, 0.25) is 0 Å². The SMILES string of the molecule is COc1cc(N2CCN(C)CC2)ccc1-c1cc(Nc2cnccn2)n[nH]1. The van der Waals surface area contributed by atoms with E-state index in [1.54, 1.807) is 25.7 Å². The summed E-state index contributed by atoms with van der Waals surface area (Å²) in [6, 6.07) is 8.24. The number of H-pyrrole nitrogens is 1. The summed E-state index contributed by atoms with van der Waals surface area (Å²) in [5, 5.41) is 10.5. The van der Waals surface area contributed by atoms with Crippen LogP contribution < -0.4 is 15.0 Å². The van der Waals surface area contributed by atoms with Gasteiger partial charge in [0.1, 0.15) is 11.6 Å². The molecule has 0 atom stereocenters. The first-order chi connectivity index (χ1) is 13.2. The highest BCUT2D eigenvalue weighted by atomic mass is 16.5. The fraction of sp³-hybridized carbons (Fsp3) is 0.316. The number of anilines is 3. The predicted octanol–water partition coefficient (Wildman–Crippen LogP) is 2.37. The Bertz CT molecular complexity index is 888. The Balaban J connectivity index is 1.55. The number of methoxy groups -OCH3 is 1. The second kappa shape index (κ2) is 7.63. The van der Waals surface area contributed by atoms with E-state index in [4.69, 9.17) is 4.74 Å². The van der Waals surface area contributed by atoms with Gasteiger partial charge in [-0.1, -0.05) is 0 Å². The monoisotopic (exact) mass is 365 g/mol. The van der Waals surface area contributed by atoms with Crippen molar-refractivity contribution in [3.63, 3.8) is 0 Å².